The molecule has 0 aromatic rings. The number of ketones is 1. The maximum Gasteiger partial charge on any atom is 0.303 e. The predicted octanol–water partition coefficient (Wildman–Crippen LogP) is 3.25. The summed E-state index contributed by atoms with van der Waals surface area (Å²) in [6.07, 6.45) is 12.1. The molecule has 0 saturated heterocycles. The van der Waals surface area contributed by atoms with E-state index in [0.29, 0.717) is 25.7 Å². The van der Waals surface area contributed by atoms with E-state index in [-0.39, 0.29) is 30.5 Å². The van der Waals surface area contributed by atoms with Crippen molar-refractivity contribution >= 4 is 11.8 Å². The van der Waals surface area contributed by atoms with Gasteiger partial charge in [-0.2, -0.15) is 0 Å². The summed E-state index contributed by atoms with van der Waals surface area (Å²) in [6.45, 7) is 2.11. The Hall–Kier alpha value is -1.46. The molecule has 4 atom stereocenters. The van der Waals surface area contributed by atoms with Gasteiger partial charge in [-0.15, -0.1) is 0 Å². The Bertz CT molecular complexity index is 469. The fourth-order valence-electron chi connectivity index (χ4n) is 3.22. The standard InChI is InChI=1S/C20H32O5/c1-2-3-6-9-15(21)12-13-17-16(18(22)14-19(17)23)10-7-4-5-8-11-20(24)25/h4,7,12-13,15-17,19,21,23H,2-3,5-6,8-11,14H2,1H3,(H,24,25)/b7-4-,13-12+/t15?,16-,17-,19-/m1/s1. The van der Waals surface area contributed by atoms with Crippen LogP contribution in [-0.2, 0) is 9.59 Å². The summed E-state index contributed by atoms with van der Waals surface area (Å²) in [5, 5.41) is 28.7. The van der Waals surface area contributed by atoms with Crippen molar-refractivity contribution in [3.8, 4) is 0 Å². The summed E-state index contributed by atoms with van der Waals surface area (Å²) in [5.41, 5.74) is 0. The monoisotopic (exact) mass is 352 g/mol. The van der Waals surface area contributed by atoms with Crippen LogP contribution in [0, 0.1) is 11.8 Å². The lowest BCUT2D eigenvalue weighted by Crippen LogP contribution is -2.18. The van der Waals surface area contributed by atoms with E-state index >= 15 is 0 Å². The van der Waals surface area contributed by atoms with E-state index in [9.17, 15) is 19.8 Å². The third kappa shape index (κ3) is 8.45. The van der Waals surface area contributed by atoms with Crippen molar-refractivity contribution in [2.75, 3.05) is 0 Å². The number of hydrogen-bond acceptors (Lipinski definition) is 4. The van der Waals surface area contributed by atoms with Gasteiger partial charge in [0.05, 0.1) is 12.2 Å². The highest BCUT2D eigenvalue weighted by molar-refractivity contribution is 5.84. The second kappa shape index (κ2) is 12.0. The van der Waals surface area contributed by atoms with Crippen LogP contribution in [0.4, 0.5) is 0 Å². The number of aliphatic carboxylic acids is 1. The first-order valence-electron chi connectivity index (χ1n) is 9.39. The molecule has 1 rings (SSSR count). The van der Waals surface area contributed by atoms with Gasteiger partial charge in [-0.05, 0) is 25.7 Å². The molecular formula is C20H32O5. The van der Waals surface area contributed by atoms with Gasteiger partial charge in [0, 0.05) is 24.7 Å². The second-order valence-corrected chi connectivity index (χ2v) is 6.86. The van der Waals surface area contributed by atoms with Gasteiger partial charge in [0.1, 0.15) is 5.78 Å². The van der Waals surface area contributed by atoms with Crippen LogP contribution in [0.25, 0.3) is 0 Å². The molecule has 0 aromatic carbocycles. The minimum absolute atomic E-state index is 0.0535. The predicted molar refractivity (Wildman–Crippen MR) is 97.1 cm³/mol. The fourth-order valence-corrected chi connectivity index (χ4v) is 3.22. The molecule has 1 aliphatic rings. The Balaban J connectivity index is 2.48. The van der Waals surface area contributed by atoms with Crippen molar-refractivity contribution in [1.82, 2.24) is 0 Å². The van der Waals surface area contributed by atoms with Crippen LogP contribution < -0.4 is 0 Å². The van der Waals surface area contributed by atoms with E-state index in [0.717, 1.165) is 19.3 Å². The number of carboxylic acid groups (broad SMARTS) is 1. The summed E-state index contributed by atoms with van der Waals surface area (Å²) < 4.78 is 0. The molecule has 1 saturated carbocycles. The number of unbranched alkanes of at least 4 members (excludes halogenated alkanes) is 3. The van der Waals surface area contributed by atoms with Crippen LogP contribution in [0.1, 0.15) is 64.7 Å². The number of aliphatic hydroxyl groups is 2. The average molecular weight is 352 g/mol. The number of allylic oxidation sites excluding steroid dienone is 2. The zero-order chi connectivity index (χ0) is 18.7. The number of hydrogen-bond donors (Lipinski definition) is 3. The number of rotatable bonds is 12. The molecule has 0 heterocycles. The Morgan fingerprint density at radius 2 is 2.04 bits per heavy atom. The maximum atomic E-state index is 12.1. The van der Waals surface area contributed by atoms with E-state index in [1.165, 1.54) is 0 Å². The number of carbonyl (C=O) groups excluding carboxylic acids is 1. The summed E-state index contributed by atoms with van der Waals surface area (Å²) in [7, 11) is 0. The average Bonchev–Trinajstić information content (AvgIpc) is 2.82. The van der Waals surface area contributed by atoms with Crippen LogP contribution in [0.15, 0.2) is 24.3 Å². The molecule has 5 heteroatoms. The Kier molecular flexibility index (Phi) is 10.3. The van der Waals surface area contributed by atoms with Crippen molar-refractivity contribution in [2.24, 2.45) is 11.8 Å². The SMILES string of the molecule is CCCCCC(O)/C=C/[C@H]1[C@H](O)CC(=O)[C@@H]1C/C=C\CCCC(=O)O. The van der Waals surface area contributed by atoms with Crippen LogP contribution in [0.5, 0.6) is 0 Å². The third-order valence-corrected chi connectivity index (χ3v) is 4.71. The molecule has 0 radical (unpaired) electrons. The zero-order valence-corrected chi connectivity index (χ0v) is 15.1. The van der Waals surface area contributed by atoms with Gasteiger partial charge in [0.15, 0.2) is 0 Å². The second-order valence-electron chi connectivity index (χ2n) is 6.86. The topological polar surface area (TPSA) is 94.8 Å². The number of Topliss-reactive ketones (excluding diaryl/α,β-unsaturated/α-hetero) is 1. The number of carboxylic acids is 1. The molecule has 0 amide bonds. The number of aliphatic hydroxyl groups excluding tert-OH is 2. The summed E-state index contributed by atoms with van der Waals surface area (Å²) in [5.74, 6) is -1.26. The molecule has 1 fully saturated rings. The van der Waals surface area contributed by atoms with Crippen LogP contribution in [0.3, 0.4) is 0 Å². The van der Waals surface area contributed by atoms with E-state index in [1.54, 1.807) is 12.2 Å². The minimum Gasteiger partial charge on any atom is -0.481 e. The van der Waals surface area contributed by atoms with Gasteiger partial charge in [0.25, 0.3) is 0 Å². The van der Waals surface area contributed by atoms with Gasteiger partial charge in [0.2, 0.25) is 0 Å². The number of carbonyl (C=O) groups is 2. The van der Waals surface area contributed by atoms with E-state index in [4.69, 9.17) is 5.11 Å². The first-order chi connectivity index (χ1) is 12.0. The van der Waals surface area contributed by atoms with Gasteiger partial charge < -0.3 is 15.3 Å². The summed E-state index contributed by atoms with van der Waals surface area (Å²) in [6, 6.07) is 0. The van der Waals surface area contributed by atoms with Crippen LogP contribution >= 0.6 is 0 Å². The molecule has 1 unspecified atom stereocenters. The molecular weight excluding hydrogens is 320 g/mol. The molecule has 0 bridgehead atoms. The van der Waals surface area contributed by atoms with Gasteiger partial charge in [-0.3, -0.25) is 9.59 Å². The first kappa shape index (κ1) is 21.6. The smallest absolute Gasteiger partial charge is 0.303 e. The molecule has 5 nitrogen and oxygen atoms in total. The summed E-state index contributed by atoms with van der Waals surface area (Å²) in [4.78, 5) is 22.5. The first-order valence-corrected chi connectivity index (χ1v) is 9.39. The van der Waals surface area contributed by atoms with E-state index in [2.05, 4.69) is 6.92 Å². The summed E-state index contributed by atoms with van der Waals surface area (Å²) >= 11 is 0. The zero-order valence-electron chi connectivity index (χ0n) is 15.1. The van der Waals surface area contributed by atoms with E-state index < -0.39 is 18.2 Å². The molecule has 1 aliphatic carbocycles. The van der Waals surface area contributed by atoms with Gasteiger partial charge >= 0.3 is 5.97 Å². The van der Waals surface area contributed by atoms with Crippen molar-refractivity contribution in [1.29, 1.82) is 0 Å². The van der Waals surface area contributed by atoms with Crippen molar-refractivity contribution in [3.63, 3.8) is 0 Å². The highest BCUT2D eigenvalue weighted by atomic mass is 16.4. The molecule has 25 heavy (non-hydrogen) atoms. The molecule has 0 spiro atoms. The van der Waals surface area contributed by atoms with Gasteiger partial charge in [-0.1, -0.05) is 50.5 Å². The molecule has 142 valence electrons. The van der Waals surface area contributed by atoms with Crippen molar-refractivity contribution in [3.05, 3.63) is 24.3 Å². The Labute approximate surface area is 150 Å². The quantitative estimate of drug-likeness (QED) is 0.370. The highest BCUT2D eigenvalue weighted by Gasteiger charge is 2.39. The van der Waals surface area contributed by atoms with Crippen LogP contribution in [0.2, 0.25) is 0 Å². The van der Waals surface area contributed by atoms with Crippen molar-refractivity contribution < 1.29 is 24.9 Å². The molecule has 0 aliphatic heterocycles. The van der Waals surface area contributed by atoms with Gasteiger partial charge in [-0.25, -0.2) is 0 Å². The lowest BCUT2D eigenvalue weighted by molar-refractivity contribution is -0.137. The third-order valence-electron chi connectivity index (χ3n) is 4.71. The normalized spacial score (nSPS) is 25.2. The highest BCUT2D eigenvalue weighted by Crippen LogP contribution is 2.33. The minimum atomic E-state index is -0.801. The maximum absolute atomic E-state index is 12.1. The lowest BCUT2D eigenvalue weighted by Gasteiger charge is -2.16. The van der Waals surface area contributed by atoms with Crippen molar-refractivity contribution in [2.45, 2.75) is 76.9 Å². The van der Waals surface area contributed by atoms with Crippen LogP contribution in [-0.4, -0.2) is 39.3 Å². The lowest BCUT2D eigenvalue weighted by atomic mass is 9.90. The largest absolute Gasteiger partial charge is 0.481 e. The Morgan fingerprint density at radius 3 is 2.72 bits per heavy atom. The fraction of sp³-hybridized carbons (Fsp3) is 0.700. The van der Waals surface area contributed by atoms with E-state index in [1.807, 2.05) is 12.2 Å². The molecule has 3 N–H and O–H groups in total. The molecule has 0 aromatic heterocycles. The Morgan fingerprint density at radius 1 is 1.28 bits per heavy atom.